The second-order valence-corrected chi connectivity index (χ2v) is 9.60. The number of primary amides is 1. The van der Waals surface area contributed by atoms with E-state index in [9.17, 15) is 24.5 Å². The normalized spacial score (nSPS) is 14.8. The Balaban J connectivity index is 1.38. The first-order chi connectivity index (χ1) is 18.7. The van der Waals surface area contributed by atoms with Gasteiger partial charge >= 0.3 is 5.69 Å². The molecule has 200 valence electrons. The Morgan fingerprint density at radius 1 is 1.00 bits per heavy atom. The summed E-state index contributed by atoms with van der Waals surface area (Å²) < 4.78 is 5.20. The van der Waals surface area contributed by atoms with Crippen molar-refractivity contribution in [2.75, 3.05) is 30.8 Å². The molecule has 3 aromatic rings. The van der Waals surface area contributed by atoms with E-state index in [4.69, 9.17) is 10.5 Å². The Hall–Kier alpha value is -4.93. The highest BCUT2D eigenvalue weighted by atomic mass is 16.6. The molecular formula is C28H27N5O6. The molecule has 1 fully saturated rings. The van der Waals surface area contributed by atoms with Crippen LogP contribution in [0.15, 0.2) is 54.6 Å². The van der Waals surface area contributed by atoms with Gasteiger partial charge in [0.05, 0.1) is 41.1 Å². The number of benzene rings is 3. The lowest BCUT2D eigenvalue weighted by Gasteiger charge is -2.30. The molecule has 39 heavy (non-hydrogen) atoms. The van der Waals surface area contributed by atoms with E-state index in [-0.39, 0.29) is 41.5 Å². The monoisotopic (exact) mass is 529 g/mol. The van der Waals surface area contributed by atoms with Crippen molar-refractivity contribution >= 4 is 40.5 Å². The number of carbonyl (C=O) groups is 3. The average Bonchev–Trinajstić information content (AvgIpc) is 3.07. The Labute approximate surface area is 224 Å². The number of carbonyl (C=O) groups excluding carboxylic acids is 3. The molecule has 5 rings (SSSR count). The molecule has 0 saturated carbocycles. The van der Waals surface area contributed by atoms with Crippen molar-refractivity contribution in [3.63, 3.8) is 0 Å². The highest BCUT2D eigenvalue weighted by Crippen LogP contribution is 2.37. The van der Waals surface area contributed by atoms with E-state index in [0.717, 1.165) is 11.1 Å². The molecule has 3 amide bonds. The van der Waals surface area contributed by atoms with Crippen LogP contribution in [0.4, 0.5) is 22.7 Å². The topological polar surface area (TPSA) is 157 Å². The number of amides is 3. The molecule has 0 aromatic heterocycles. The van der Waals surface area contributed by atoms with Crippen LogP contribution in [0.1, 0.15) is 28.8 Å². The van der Waals surface area contributed by atoms with Crippen LogP contribution in [0.2, 0.25) is 0 Å². The number of anilines is 3. The van der Waals surface area contributed by atoms with Gasteiger partial charge in [-0.1, -0.05) is 12.1 Å². The van der Waals surface area contributed by atoms with Gasteiger partial charge in [-0.15, -0.1) is 0 Å². The molecule has 0 bridgehead atoms. The van der Waals surface area contributed by atoms with Gasteiger partial charge in [0.2, 0.25) is 11.8 Å². The maximum Gasteiger partial charge on any atom is 0.310 e. The number of likely N-dealkylation sites (tertiary alicyclic amines) is 1. The summed E-state index contributed by atoms with van der Waals surface area (Å²) in [5.41, 5.74) is 9.65. The minimum Gasteiger partial charge on any atom is -0.490 e. The van der Waals surface area contributed by atoms with Gasteiger partial charge in [0.15, 0.2) is 5.75 Å². The minimum absolute atomic E-state index is 0.0367. The highest BCUT2D eigenvalue weighted by Gasteiger charge is 2.26. The van der Waals surface area contributed by atoms with E-state index in [0.29, 0.717) is 54.1 Å². The second-order valence-electron chi connectivity index (χ2n) is 9.60. The fourth-order valence-corrected chi connectivity index (χ4v) is 4.98. The first-order valence-corrected chi connectivity index (χ1v) is 12.5. The first-order valence-electron chi connectivity index (χ1n) is 12.5. The summed E-state index contributed by atoms with van der Waals surface area (Å²) in [5, 5.41) is 17.5. The second kappa shape index (κ2) is 10.4. The summed E-state index contributed by atoms with van der Waals surface area (Å²) in [6, 6.07) is 15.2. The van der Waals surface area contributed by atoms with E-state index in [1.807, 2.05) is 6.07 Å². The summed E-state index contributed by atoms with van der Waals surface area (Å²) in [4.78, 5) is 49.8. The lowest BCUT2D eigenvalue weighted by atomic mass is 9.96. The van der Waals surface area contributed by atoms with Crippen LogP contribution in [0, 0.1) is 16.0 Å². The zero-order valence-electron chi connectivity index (χ0n) is 21.2. The molecule has 1 saturated heterocycles. The molecule has 0 spiro atoms. The van der Waals surface area contributed by atoms with Crippen LogP contribution in [-0.2, 0) is 16.0 Å². The summed E-state index contributed by atoms with van der Waals surface area (Å²) in [7, 11) is 1.37. The fourth-order valence-electron chi connectivity index (χ4n) is 4.98. The third kappa shape index (κ3) is 5.24. The number of hydrogen-bond donors (Lipinski definition) is 3. The number of nitrogens with two attached hydrogens (primary N) is 1. The van der Waals surface area contributed by atoms with E-state index >= 15 is 0 Å². The third-order valence-corrected chi connectivity index (χ3v) is 7.18. The zero-order chi connectivity index (χ0) is 27.7. The Morgan fingerprint density at radius 2 is 1.72 bits per heavy atom. The van der Waals surface area contributed by atoms with Crippen molar-refractivity contribution in [1.82, 2.24) is 4.90 Å². The molecule has 2 heterocycles. The molecule has 2 aliphatic rings. The lowest BCUT2D eigenvalue weighted by molar-refractivity contribution is -0.385. The van der Waals surface area contributed by atoms with Crippen molar-refractivity contribution in [2.45, 2.75) is 19.3 Å². The number of methoxy groups -OCH3 is 1. The standard InChI is InChI=1S/C28H27N5O6/c1-39-25-15-19(4-7-24(25)33(37)38)18-3-5-20-22(14-18)30-23-12-16(2-6-21(23)31-28(20)36)13-26(34)32-10-8-17(9-11-32)27(29)35/h2-7,12,14-15,17,30H,8-11,13H2,1H3,(H2,29,35)(H,31,36). The number of ether oxygens (including phenoxy) is 1. The predicted octanol–water partition coefficient (Wildman–Crippen LogP) is 3.85. The maximum absolute atomic E-state index is 12.9. The summed E-state index contributed by atoms with van der Waals surface area (Å²) in [6.07, 6.45) is 1.32. The summed E-state index contributed by atoms with van der Waals surface area (Å²) in [5.74, 6) is -0.698. The molecule has 11 nitrogen and oxygen atoms in total. The highest BCUT2D eigenvalue weighted by molar-refractivity contribution is 6.12. The number of nitrogens with one attached hydrogen (secondary N) is 2. The van der Waals surface area contributed by atoms with Crippen LogP contribution < -0.4 is 21.1 Å². The van der Waals surface area contributed by atoms with Gasteiger partial charge < -0.3 is 26.0 Å². The molecule has 2 aliphatic heterocycles. The average molecular weight is 530 g/mol. The van der Waals surface area contributed by atoms with Crippen molar-refractivity contribution in [1.29, 1.82) is 0 Å². The zero-order valence-corrected chi connectivity index (χ0v) is 21.2. The van der Waals surface area contributed by atoms with Gasteiger partial charge in [0.1, 0.15) is 0 Å². The van der Waals surface area contributed by atoms with Gasteiger partial charge in [-0.05, 0) is 65.9 Å². The van der Waals surface area contributed by atoms with Crippen LogP contribution >= 0.6 is 0 Å². The Kier molecular flexibility index (Phi) is 6.88. The number of fused-ring (bicyclic) bond motifs is 2. The first kappa shape index (κ1) is 25.7. The number of hydrogen-bond acceptors (Lipinski definition) is 7. The van der Waals surface area contributed by atoms with Gasteiger partial charge in [-0.25, -0.2) is 0 Å². The molecule has 3 aromatic carbocycles. The van der Waals surface area contributed by atoms with Crippen molar-refractivity contribution in [3.8, 4) is 16.9 Å². The third-order valence-electron chi connectivity index (χ3n) is 7.18. The van der Waals surface area contributed by atoms with E-state index in [1.165, 1.54) is 13.2 Å². The molecule has 0 radical (unpaired) electrons. The van der Waals surface area contributed by atoms with Gasteiger partial charge in [0, 0.05) is 25.1 Å². The van der Waals surface area contributed by atoms with Gasteiger partial charge in [0.25, 0.3) is 5.91 Å². The quantitative estimate of drug-likeness (QED) is 0.323. The predicted molar refractivity (Wildman–Crippen MR) is 145 cm³/mol. The molecular weight excluding hydrogens is 502 g/mol. The van der Waals surface area contributed by atoms with Crippen LogP contribution in [0.25, 0.3) is 11.1 Å². The van der Waals surface area contributed by atoms with Crippen LogP contribution in [0.3, 0.4) is 0 Å². The lowest BCUT2D eigenvalue weighted by Crippen LogP contribution is -2.42. The molecule has 0 unspecified atom stereocenters. The molecule has 4 N–H and O–H groups in total. The van der Waals surface area contributed by atoms with Gasteiger partial charge in [-0.2, -0.15) is 0 Å². The fraction of sp³-hybridized carbons (Fsp3) is 0.250. The summed E-state index contributed by atoms with van der Waals surface area (Å²) >= 11 is 0. The van der Waals surface area contributed by atoms with E-state index < -0.39 is 4.92 Å². The van der Waals surface area contributed by atoms with E-state index in [2.05, 4.69) is 10.6 Å². The van der Waals surface area contributed by atoms with Crippen molar-refractivity contribution in [2.24, 2.45) is 11.7 Å². The van der Waals surface area contributed by atoms with Crippen molar-refractivity contribution < 1.29 is 24.0 Å². The maximum atomic E-state index is 12.9. The van der Waals surface area contributed by atoms with Crippen molar-refractivity contribution in [3.05, 3.63) is 75.8 Å². The number of rotatable bonds is 6. The van der Waals surface area contributed by atoms with E-state index in [1.54, 1.807) is 47.4 Å². The number of piperidine rings is 1. The minimum atomic E-state index is -0.506. The summed E-state index contributed by atoms with van der Waals surface area (Å²) in [6.45, 7) is 0.991. The van der Waals surface area contributed by atoms with Crippen LogP contribution in [0.5, 0.6) is 5.75 Å². The van der Waals surface area contributed by atoms with Crippen LogP contribution in [-0.4, -0.2) is 47.7 Å². The SMILES string of the molecule is COc1cc(-c2ccc3c(c2)Nc2cc(CC(=O)N4CCC(C(N)=O)CC4)ccc2NC3=O)ccc1[N+](=O)[O-]. The van der Waals surface area contributed by atoms with Gasteiger partial charge in [-0.3, -0.25) is 24.5 Å². The molecule has 0 aliphatic carbocycles. The molecule has 0 atom stereocenters. The number of nitro groups is 1. The largest absolute Gasteiger partial charge is 0.490 e. The molecule has 11 heteroatoms. The Bertz CT molecular complexity index is 1500. The number of nitro benzene ring substituents is 1. The number of nitrogens with zero attached hydrogens (tertiary/aromatic N) is 2. The smallest absolute Gasteiger partial charge is 0.310 e. The Morgan fingerprint density at radius 3 is 2.41 bits per heavy atom.